The zero-order chi connectivity index (χ0) is 11.9. The molecule has 0 aliphatic heterocycles. The number of anilines is 2. The summed E-state index contributed by atoms with van der Waals surface area (Å²) in [6.45, 7) is 2.05. The van der Waals surface area contributed by atoms with Crippen LogP contribution in [-0.4, -0.2) is 15.3 Å². The third kappa shape index (κ3) is 2.03. The van der Waals surface area contributed by atoms with E-state index in [1.807, 2.05) is 30.3 Å². The highest BCUT2D eigenvalue weighted by Crippen LogP contribution is 2.44. The fourth-order valence-corrected chi connectivity index (χ4v) is 1.80. The van der Waals surface area contributed by atoms with Gasteiger partial charge in [-0.2, -0.15) is 5.10 Å². The Morgan fingerprint density at radius 2 is 2.00 bits per heavy atom. The van der Waals surface area contributed by atoms with Crippen LogP contribution < -0.4 is 5.32 Å². The molecule has 3 N–H and O–H groups in total. The molecule has 4 nitrogen and oxygen atoms in total. The summed E-state index contributed by atoms with van der Waals surface area (Å²) >= 11 is 0. The molecule has 1 saturated carbocycles. The molecule has 2 aromatic rings. The molecule has 1 heterocycles. The monoisotopic (exact) mass is 229 g/mol. The highest BCUT2D eigenvalue weighted by atomic mass is 16.3. The van der Waals surface area contributed by atoms with Crippen LogP contribution in [0.15, 0.2) is 30.3 Å². The lowest BCUT2D eigenvalue weighted by Crippen LogP contribution is -2.03. The summed E-state index contributed by atoms with van der Waals surface area (Å²) in [5.74, 6) is 0.740. The molecule has 0 bridgehead atoms. The number of aliphatic hydroxyl groups is 1. The number of rotatable bonds is 3. The molecular weight excluding hydrogens is 214 g/mol. The van der Waals surface area contributed by atoms with Crippen molar-refractivity contribution in [3.05, 3.63) is 41.6 Å². The van der Waals surface area contributed by atoms with Gasteiger partial charge in [-0.15, -0.1) is 0 Å². The van der Waals surface area contributed by atoms with Crippen LogP contribution in [0.1, 0.15) is 24.1 Å². The number of aromatic nitrogens is 2. The molecule has 88 valence electrons. The molecule has 1 aliphatic carbocycles. The number of hydrogen-bond donors (Lipinski definition) is 3. The number of aromatic amines is 1. The molecule has 0 radical (unpaired) electrons. The minimum Gasteiger partial charge on any atom is -0.384 e. The quantitative estimate of drug-likeness (QED) is 0.757. The van der Waals surface area contributed by atoms with Crippen molar-refractivity contribution in [1.29, 1.82) is 0 Å². The maximum absolute atomic E-state index is 9.92. The molecule has 0 saturated heterocycles. The fourth-order valence-electron chi connectivity index (χ4n) is 1.80. The van der Waals surface area contributed by atoms with Gasteiger partial charge in [0.15, 0.2) is 5.82 Å². The van der Waals surface area contributed by atoms with Crippen LogP contribution in [0.25, 0.3) is 0 Å². The van der Waals surface area contributed by atoms with E-state index < -0.39 is 5.60 Å². The zero-order valence-corrected chi connectivity index (χ0v) is 9.70. The zero-order valence-electron chi connectivity index (χ0n) is 9.70. The summed E-state index contributed by atoms with van der Waals surface area (Å²) in [5, 5.41) is 20.1. The molecular formula is C13H15N3O. The van der Waals surface area contributed by atoms with Crippen LogP contribution in [0, 0.1) is 6.92 Å². The van der Waals surface area contributed by atoms with Crippen LogP contribution in [0.2, 0.25) is 0 Å². The molecule has 4 heteroatoms. The Morgan fingerprint density at radius 3 is 2.65 bits per heavy atom. The molecule has 3 rings (SSSR count). The van der Waals surface area contributed by atoms with Gasteiger partial charge in [-0.3, -0.25) is 5.10 Å². The van der Waals surface area contributed by atoms with E-state index in [-0.39, 0.29) is 0 Å². The summed E-state index contributed by atoms with van der Waals surface area (Å²) in [6, 6.07) is 9.98. The predicted molar refractivity (Wildman–Crippen MR) is 66.2 cm³/mol. The topological polar surface area (TPSA) is 60.9 Å². The Morgan fingerprint density at radius 1 is 1.29 bits per heavy atom. The van der Waals surface area contributed by atoms with Crippen LogP contribution in [0.4, 0.5) is 11.5 Å². The number of H-pyrrole nitrogens is 1. The van der Waals surface area contributed by atoms with E-state index in [4.69, 9.17) is 0 Å². The second-order valence-corrected chi connectivity index (χ2v) is 4.69. The minimum atomic E-state index is -0.653. The van der Waals surface area contributed by atoms with Gasteiger partial charge in [0.05, 0.1) is 5.69 Å². The number of nitrogens with one attached hydrogen (secondary N) is 2. The molecule has 0 amide bonds. The lowest BCUT2D eigenvalue weighted by Gasteiger charge is -2.03. The summed E-state index contributed by atoms with van der Waals surface area (Å²) in [4.78, 5) is 0. The van der Waals surface area contributed by atoms with E-state index in [0.717, 1.165) is 30.0 Å². The van der Waals surface area contributed by atoms with Crippen LogP contribution in [0.3, 0.4) is 0 Å². The van der Waals surface area contributed by atoms with Crippen LogP contribution in [-0.2, 0) is 5.60 Å². The molecule has 0 unspecified atom stereocenters. The minimum absolute atomic E-state index is 0.653. The van der Waals surface area contributed by atoms with E-state index >= 15 is 0 Å². The van der Waals surface area contributed by atoms with E-state index in [1.54, 1.807) is 0 Å². The highest BCUT2D eigenvalue weighted by molar-refractivity contribution is 5.56. The smallest absolute Gasteiger partial charge is 0.152 e. The summed E-state index contributed by atoms with van der Waals surface area (Å²) in [5.41, 5.74) is 2.37. The normalized spacial score (nSPS) is 16.8. The van der Waals surface area contributed by atoms with Crippen molar-refractivity contribution in [2.75, 3.05) is 5.32 Å². The average molecular weight is 229 g/mol. The van der Waals surface area contributed by atoms with Gasteiger partial charge in [0.2, 0.25) is 0 Å². The van der Waals surface area contributed by atoms with Crippen molar-refractivity contribution >= 4 is 11.5 Å². The third-order valence-corrected chi connectivity index (χ3v) is 3.13. The molecule has 1 aliphatic rings. The first-order valence-corrected chi connectivity index (χ1v) is 5.78. The standard InChI is InChI=1S/C13H15N3O/c1-9-2-4-10(5-3-9)14-12-8-11(15-16-12)13(17)6-7-13/h2-5,8,17H,6-7H2,1H3,(H2,14,15,16). The van der Waals surface area contributed by atoms with Gasteiger partial charge < -0.3 is 10.4 Å². The maximum atomic E-state index is 9.92. The predicted octanol–water partition coefficient (Wildman–Crippen LogP) is 2.44. The van der Waals surface area contributed by atoms with Crippen molar-refractivity contribution in [3.8, 4) is 0 Å². The van der Waals surface area contributed by atoms with E-state index in [0.29, 0.717) is 0 Å². The summed E-state index contributed by atoms with van der Waals surface area (Å²) in [7, 11) is 0. The summed E-state index contributed by atoms with van der Waals surface area (Å²) in [6.07, 6.45) is 1.64. The second-order valence-electron chi connectivity index (χ2n) is 4.69. The molecule has 0 spiro atoms. The molecule has 1 aromatic carbocycles. The average Bonchev–Trinajstić information content (AvgIpc) is 2.90. The number of hydrogen-bond acceptors (Lipinski definition) is 3. The number of benzene rings is 1. The summed E-state index contributed by atoms with van der Waals surface area (Å²) < 4.78 is 0. The molecule has 1 fully saturated rings. The van der Waals surface area contributed by atoms with E-state index in [9.17, 15) is 5.11 Å². The Kier molecular flexibility index (Phi) is 2.19. The number of nitrogens with zero attached hydrogens (tertiary/aromatic N) is 1. The highest BCUT2D eigenvalue weighted by Gasteiger charge is 2.43. The first kappa shape index (κ1) is 10.4. The lowest BCUT2D eigenvalue weighted by atomic mass is 10.2. The first-order chi connectivity index (χ1) is 8.16. The Labute approximate surface area is 99.7 Å². The van der Waals surface area contributed by atoms with Crippen molar-refractivity contribution in [1.82, 2.24) is 10.2 Å². The van der Waals surface area contributed by atoms with Crippen LogP contribution in [0.5, 0.6) is 0 Å². The second kappa shape index (κ2) is 3.60. The Bertz CT molecular complexity index is 526. The maximum Gasteiger partial charge on any atom is 0.152 e. The largest absolute Gasteiger partial charge is 0.384 e. The van der Waals surface area contributed by atoms with Gasteiger partial charge in [-0.1, -0.05) is 17.7 Å². The van der Waals surface area contributed by atoms with Crippen molar-refractivity contribution in [2.45, 2.75) is 25.4 Å². The van der Waals surface area contributed by atoms with Crippen molar-refractivity contribution in [3.63, 3.8) is 0 Å². The molecule has 17 heavy (non-hydrogen) atoms. The van der Waals surface area contributed by atoms with Gasteiger partial charge >= 0.3 is 0 Å². The van der Waals surface area contributed by atoms with E-state index in [2.05, 4.69) is 22.4 Å². The van der Waals surface area contributed by atoms with Crippen molar-refractivity contribution in [2.24, 2.45) is 0 Å². The number of aryl methyl sites for hydroxylation is 1. The fraction of sp³-hybridized carbons (Fsp3) is 0.308. The van der Waals surface area contributed by atoms with Gasteiger partial charge in [0.1, 0.15) is 5.60 Å². The third-order valence-electron chi connectivity index (χ3n) is 3.13. The first-order valence-electron chi connectivity index (χ1n) is 5.78. The lowest BCUT2D eigenvalue weighted by molar-refractivity contribution is 0.146. The van der Waals surface area contributed by atoms with Gasteiger partial charge in [0, 0.05) is 11.8 Å². The molecule has 1 aromatic heterocycles. The van der Waals surface area contributed by atoms with Gasteiger partial charge in [0.25, 0.3) is 0 Å². The SMILES string of the molecule is Cc1ccc(Nc2cc(C3(O)CC3)[nH]n2)cc1. The van der Waals surface area contributed by atoms with Gasteiger partial charge in [-0.25, -0.2) is 0 Å². The Balaban J connectivity index is 1.77. The van der Waals surface area contributed by atoms with E-state index in [1.165, 1.54) is 5.56 Å². The Hall–Kier alpha value is -1.81. The molecule has 0 atom stereocenters. The van der Waals surface area contributed by atoms with Crippen molar-refractivity contribution < 1.29 is 5.11 Å². The van der Waals surface area contributed by atoms with Gasteiger partial charge in [-0.05, 0) is 31.9 Å². The van der Waals surface area contributed by atoms with Crippen LogP contribution >= 0.6 is 0 Å².